The van der Waals surface area contributed by atoms with Crippen LogP contribution in [0.15, 0.2) is 23.5 Å². The second-order valence-corrected chi connectivity index (χ2v) is 3.44. The molecule has 0 aromatic carbocycles. The largest absolute Gasteiger partial charge is 0.471 e. The molecule has 5 nitrogen and oxygen atoms in total. The molecular weight excluding hydrogens is 296 g/mol. The maximum absolute atomic E-state index is 12.3. The Bertz CT molecular complexity index is 485. The molecule has 3 N–H and O–H groups in total. The first-order valence-electron chi connectivity index (χ1n) is 4.79. The van der Waals surface area contributed by atoms with Crippen molar-refractivity contribution in [3.63, 3.8) is 0 Å². The van der Waals surface area contributed by atoms with Crippen molar-refractivity contribution in [1.82, 2.24) is 4.98 Å². The number of hydrogen-bond acceptors (Lipinski definition) is 4. The molecule has 0 atom stereocenters. The van der Waals surface area contributed by atoms with Crippen molar-refractivity contribution >= 4 is 5.84 Å². The van der Waals surface area contributed by atoms with Gasteiger partial charge in [-0.1, -0.05) is 5.16 Å². The maximum Gasteiger partial charge on any atom is 0.434 e. The standard InChI is InChI=1S/C9H7F6N3O2/c10-8(11,12)7(9(13,14)15)20-4-1-2-17-5(3-4)6(16)18-19/h1-3,7,19H,(H2,16,18). The van der Waals surface area contributed by atoms with Crippen molar-refractivity contribution in [2.45, 2.75) is 18.5 Å². The molecule has 1 aromatic heterocycles. The van der Waals surface area contributed by atoms with Crippen LogP contribution in [-0.4, -0.2) is 34.5 Å². The number of ether oxygens (including phenoxy) is 1. The average Bonchev–Trinajstić information content (AvgIpc) is 2.32. The Balaban J connectivity index is 3.07. The van der Waals surface area contributed by atoms with E-state index in [2.05, 4.69) is 14.9 Å². The molecule has 0 aliphatic carbocycles. The summed E-state index contributed by atoms with van der Waals surface area (Å²) in [5.74, 6) is -1.37. The summed E-state index contributed by atoms with van der Waals surface area (Å²) in [5, 5.41) is 10.9. The molecular formula is C9H7F6N3O2. The van der Waals surface area contributed by atoms with Crippen LogP contribution in [0.5, 0.6) is 5.75 Å². The van der Waals surface area contributed by atoms with Gasteiger partial charge in [-0.3, -0.25) is 4.98 Å². The van der Waals surface area contributed by atoms with E-state index in [0.717, 1.165) is 12.3 Å². The molecule has 112 valence electrons. The highest BCUT2D eigenvalue weighted by Gasteiger charge is 2.59. The second-order valence-electron chi connectivity index (χ2n) is 3.44. The number of nitrogens with two attached hydrogens (primary N) is 1. The molecule has 1 heterocycles. The van der Waals surface area contributed by atoms with Gasteiger partial charge in [0.15, 0.2) is 5.84 Å². The third-order valence-electron chi connectivity index (χ3n) is 1.95. The SMILES string of the molecule is N/C(=N/O)c1cc(OC(C(F)(F)F)C(F)(F)F)ccn1. The lowest BCUT2D eigenvalue weighted by molar-refractivity contribution is -0.299. The Morgan fingerprint density at radius 2 is 1.80 bits per heavy atom. The fraction of sp³-hybridized carbons (Fsp3) is 0.333. The number of nitrogens with zero attached hydrogens (tertiary/aromatic N) is 2. The highest BCUT2D eigenvalue weighted by Crippen LogP contribution is 2.36. The van der Waals surface area contributed by atoms with Crippen LogP contribution in [0.1, 0.15) is 5.69 Å². The molecule has 0 spiro atoms. The molecule has 0 saturated heterocycles. The quantitative estimate of drug-likeness (QED) is 0.294. The van der Waals surface area contributed by atoms with Crippen LogP contribution in [0.25, 0.3) is 0 Å². The molecule has 0 unspecified atom stereocenters. The van der Waals surface area contributed by atoms with Gasteiger partial charge >= 0.3 is 12.4 Å². The highest BCUT2D eigenvalue weighted by atomic mass is 19.4. The van der Waals surface area contributed by atoms with Gasteiger partial charge in [0.1, 0.15) is 11.4 Å². The zero-order valence-corrected chi connectivity index (χ0v) is 9.40. The summed E-state index contributed by atoms with van der Waals surface area (Å²) in [6, 6.07) is 1.46. The molecule has 1 aromatic rings. The number of amidine groups is 1. The fourth-order valence-electron chi connectivity index (χ4n) is 1.13. The lowest BCUT2D eigenvalue weighted by Crippen LogP contribution is -2.46. The summed E-state index contributed by atoms with van der Waals surface area (Å²) >= 11 is 0. The fourth-order valence-corrected chi connectivity index (χ4v) is 1.13. The van der Waals surface area contributed by atoms with Gasteiger partial charge in [0, 0.05) is 12.3 Å². The van der Waals surface area contributed by atoms with Gasteiger partial charge in [0.25, 0.3) is 6.10 Å². The van der Waals surface area contributed by atoms with Crippen molar-refractivity contribution in [2.75, 3.05) is 0 Å². The van der Waals surface area contributed by atoms with Gasteiger partial charge in [-0.25, -0.2) is 0 Å². The number of aromatic nitrogens is 1. The van der Waals surface area contributed by atoms with Gasteiger partial charge in [0.2, 0.25) is 0 Å². The Morgan fingerprint density at radius 1 is 1.25 bits per heavy atom. The third-order valence-corrected chi connectivity index (χ3v) is 1.95. The molecule has 0 fully saturated rings. The van der Waals surface area contributed by atoms with Gasteiger partial charge < -0.3 is 15.7 Å². The zero-order valence-electron chi connectivity index (χ0n) is 9.40. The first kappa shape index (κ1) is 15.9. The van der Waals surface area contributed by atoms with Crippen LogP contribution >= 0.6 is 0 Å². The van der Waals surface area contributed by atoms with E-state index in [4.69, 9.17) is 10.9 Å². The molecule has 0 amide bonds. The molecule has 0 saturated carbocycles. The van der Waals surface area contributed by atoms with E-state index >= 15 is 0 Å². The van der Waals surface area contributed by atoms with Gasteiger partial charge in [-0.05, 0) is 6.07 Å². The Labute approximate surface area is 107 Å². The monoisotopic (exact) mass is 303 g/mol. The first-order chi connectivity index (χ1) is 9.05. The number of alkyl halides is 6. The second kappa shape index (κ2) is 5.43. The number of hydrogen-bond donors (Lipinski definition) is 2. The van der Waals surface area contributed by atoms with E-state index in [1.54, 1.807) is 0 Å². The number of pyridine rings is 1. The average molecular weight is 303 g/mol. The van der Waals surface area contributed by atoms with Gasteiger partial charge in [0.05, 0.1) is 0 Å². The predicted octanol–water partition coefficient (Wildman–Crippen LogP) is 2.05. The number of halogens is 6. The summed E-state index contributed by atoms with van der Waals surface area (Å²) in [7, 11) is 0. The van der Waals surface area contributed by atoms with Crippen LogP contribution in [0.3, 0.4) is 0 Å². The zero-order chi connectivity index (χ0) is 15.6. The van der Waals surface area contributed by atoms with E-state index in [1.165, 1.54) is 0 Å². The van der Waals surface area contributed by atoms with Crippen LogP contribution < -0.4 is 10.5 Å². The Hall–Kier alpha value is -2.20. The van der Waals surface area contributed by atoms with Crippen LogP contribution in [0.2, 0.25) is 0 Å². The summed E-state index contributed by atoms with van der Waals surface area (Å²) in [5.41, 5.74) is 4.76. The van der Waals surface area contributed by atoms with Crippen molar-refractivity contribution in [1.29, 1.82) is 0 Å². The predicted molar refractivity (Wildman–Crippen MR) is 53.3 cm³/mol. The van der Waals surface area contributed by atoms with E-state index < -0.39 is 30.0 Å². The van der Waals surface area contributed by atoms with Crippen LogP contribution in [0.4, 0.5) is 26.3 Å². The van der Waals surface area contributed by atoms with Crippen molar-refractivity contribution in [3.8, 4) is 5.75 Å². The minimum atomic E-state index is -5.64. The number of rotatable bonds is 3. The molecule has 1 rings (SSSR count). The maximum atomic E-state index is 12.3. The summed E-state index contributed by atoms with van der Waals surface area (Å²) in [6.45, 7) is 0. The van der Waals surface area contributed by atoms with Crippen LogP contribution in [0, 0.1) is 0 Å². The first-order valence-corrected chi connectivity index (χ1v) is 4.79. The van der Waals surface area contributed by atoms with Crippen LogP contribution in [-0.2, 0) is 0 Å². The molecule has 0 aliphatic heterocycles. The lowest BCUT2D eigenvalue weighted by Gasteiger charge is -2.23. The van der Waals surface area contributed by atoms with Gasteiger partial charge in [-0.2, -0.15) is 26.3 Å². The summed E-state index contributed by atoms with van der Waals surface area (Å²) < 4.78 is 77.6. The topological polar surface area (TPSA) is 80.7 Å². The molecule has 0 radical (unpaired) electrons. The van der Waals surface area contributed by atoms with Crippen molar-refractivity contribution in [3.05, 3.63) is 24.0 Å². The smallest absolute Gasteiger partial charge is 0.434 e. The van der Waals surface area contributed by atoms with Crippen molar-refractivity contribution < 1.29 is 36.3 Å². The van der Waals surface area contributed by atoms with E-state index in [9.17, 15) is 26.3 Å². The summed E-state index contributed by atoms with van der Waals surface area (Å²) in [4.78, 5) is 3.48. The molecule has 0 aliphatic rings. The minimum Gasteiger partial charge on any atom is -0.471 e. The normalized spacial score (nSPS) is 13.7. The van der Waals surface area contributed by atoms with E-state index in [0.29, 0.717) is 6.07 Å². The highest BCUT2D eigenvalue weighted by molar-refractivity contribution is 5.95. The van der Waals surface area contributed by atoms with E-state index in [1.807, 2.05) is 0 Å². The lowest BCUT2D eigenvalue weighted by atomic mass is 10.3. The van der Waals surface area contributed by atoms with Crippen molar-refractivity contribution in [2.24, 2.45) is 10.9 Å². The molecule has 11 heteroatoms. The number of oxime groups is 1. The van der Waals surface area contributed by atoms with Gasteiger partial charge in [-0.15, -0.1) is 0 Å². The Kier molecular flexibility index (Phi) is 4.30. The summed E-state index contributed by atoms with van der Waals surface area (Å²) in [6.07, 6.45) is -14.4. The Morgan fingerprint density at radius 3 is 2.25 bits per heavy atom. The molecule has 20 heavy (non-hydrogen) atoms. The third kappa shape index (κ3) is 3.90. The minimum absolute atomic E-state index is 0.340. The van der Waals surface area contributed by atoms with E-state index in [-0.39, 0.29) is 5.69 Å². The molecule has 0 bridgehead atoms.